The third-order valence-electron chi connectivity index (χ3n) is 3.10. The van der Waals surface area contributed by atoms with Crippen LogP contribution in [0.3, 0.4) is 0 Å². The molecule has 0 aromatic rings. The fourth-order valence-electron chi connectivity index (χ4n) is 2.30. The Bertz CT molecular complexity index is 211. The first kappa shape index (κ1) is 11.5. The molecule has 0 N–H and O–H groups in total. The maximum absolute atomic E-state index is 10.3. The summed E-state index contributed by atoms with van der Waals surface area (Å²) in [5.41, 5.74) is -0.0629. The Morgan fingerprint density at radius 3 is 2.57 bits per heavy atom. The predicted molar refractivity (Wildman–Crippen MR) is 51.6 cm³/mol. The summed E-state index contributed by atoms with van der Waals surface area (Å²) in [6.07, 6.45) is 3.14. The van der Waals surface area contributed by atoms with E-state index >= 15 is 0 Å². The lowest BCUT2D eigenvalue weighted by atomic mass is 9.75. The van der Waals surface area contributed by atoms with E-state index in [1.165, 1.54) is 0 Å². The van der Waals surface area contributed by atoms with Crippen LogP contribution in [0, 0.1) is 5.92 Å². The first-order valence-electron chi connectivity index (χ1n) is 5.35. The van der Waals surface area contributed by atoms with Crippen molar-refractivity contribution in [3.8, 4) is 0 Å². The smallest absolute Gasteiger partial charge is 0.0683 e. The molecular weight excluding hydrogens is 180 g/mol. The van der Waals surface area contributed by atoms with E-state index in [0.29, 0.717) is 18.4 Å². The van der Waals surface area contributed by atoms with Crippen molar-refractivity contribution in [2.75, 3.05) is 0 Å². The van der Waals surface area contributed by atoms with Gasteiger partial charge in [0.15, 0.2) is 0 Å². The number of aliphatic carboxylic acids is 1. The molecule has 1 saturated heterocycles. The molecule has 0 amide bonds. The first-order chi connectivity index (χ1) is 6.47. The van der Waals surface area contributed by atoms with Crippen LogP contribution in [0.25, 0.3) is 0 Å². The highest BCUT2D eigenvalue weighted by atomic mass is 16.5. The minimum Gasteiger partial charge on any atom is -0.550 e. The molecule has 0 bridgehead atoms. The van der Waals surface area contributed by atoms with Gasteiger partial charge in [0.25, 0.3) is 0 Å². The molecule has 1 fully saturated rings. The van der Waals surface area contributed by atoms with Crippen LogP contribution in [0.4, 0.5) is 0 Å². The Morgan fingerprint density at radius 1 is 1.50 bits per heavy atom. The summed E-state index contributed by atoms with van der Waals surface area (Å²) >= 11 is 0. The van der Waals surface area contributed by atoms with Gasteiger partial charge in [0.05, 0.1) is 11.7 Å². The molecule has 82 valence electrons. The average molecular weight is 199 g/mol. The topological polar surface area (TPSA) is 49.4 Å². The summed E-state index contributed by atoms with van der Waals surface area (Å²) in [5, 5.41) is 10.3. The van der Waals surface area contributed by atoms with Crippen molar-refractivity contribution >= 4 is 5.97 Å². The third-order valence-corrected chi connectivity index (χ3v) is 3.10. The van der Waals surface area contributed by atoms with Gasteiger partial charge >= 0.3 is 0 Å². The van der Waals surface area contributed by atoms with Gasteiger partial charge in [-0.3, -0.25) is 0 Å². The molecular formula is C11H19O3-. The second-order valence-electron chi connectivity index (χ2n) is 4.54. The van der Waals surface area contributed by atoms with Crippen molar-refractivity contribution in [3.63, 3.8) is 0 Å². The van der Waals surface area contributed by atoms with Gasteiger partial charge in [0.1, 0.15) is 0 Å². The summed E-state index contributed by atoms with van der Waals surface area (Å²) < 4.78 is 5.68. The van der Waals surface area contributed by atoms with E-state index in [4.69, 9.17) is 4.74 Å². The predicted octanol–water partition coefficient (Wildman–Crippen LogP) is 1.11. The zero-order valence-electron chi connectivity index (χ0n) is 9.21. The molecule has 0 spiro atoms. The van der Waals surface area contributed by atoms with Gasteiger partial charge in [-0.1, -0.05) is 6.92 Å². The number of carbonyl (C=O) groups is 1. The highest BCUT2D eigenvalue weighted by molar-refractivity contribution is 5.64. The van der Waals surface area contributed by atoms with Gasteiger partial charge in [-0.15, -0.1) is 0 Å². The zero-order valence-corrected chi connectivity index (χ0v) is 9.21. The fraction of sp³-hybridized carbons (Fsp3) is 0.909. The summed E-state index contributed by atoms with van der Waals surface area (Å²) in [6, 6.07) is 0. The Hall–Kier alpha value is -0.570. The number of carboxylic acid groups (broad SMARTS) is 1. The van der Waals surface area contributed by atoms with Gasteiger partial charge in [-0.05, 0) is 39.5 Å². The number of ether oxygens (including phenoxy) is 1. The Morgan fingerprint density at radius 2 is 2.14 bits per heavy atom. The molecule has 0 saturated carbocycles. The van der Waals surface area contributed by atoms with Gasteiger partial charge in [-0.2, -0.15) is 0 Å². The number of carbonyl (C=O) groups excluding carboxylic acids is 1. The lowest BCUT2D eigenvalue weighted by Gasteiger charge is -2.51. The molecule has 2 unspecified atom stereocenters. The fourth-order valence-corrected chi connectivity index (χ4v) is 2.30. The SMILES string of the molecule is CCC1OC(C)(C)C1CCCC(=O)[O-]. The number of rotatable bonds is 5. The molecule has 0 aromatic heterocycles. The Balaban J connectivity index is 2.30. The van der Waals surface area contributed by atoms with Crippen LogP contribution in [-0.2, 0) is 9.53 Å². The lowest BCUT2D eigenvalue weighted by molar-refractivity contribution is -0.306. The maximum atomic E-state index is 10.3. The minimum atomic E-state index is -0.948. The summed E-state index contributed by atoms with van der Waals surface area (Å²) in [4.78, 5) is 10.3. The minimum absolute atomic E-state index is 0.0629. The molecule has 1 rings (SSSR count). The normalized spacial score (nSPS) is 29.6. The van der Waals surface area contributed by atoms with Crippen LogP contribution in [0.5, 0.6) is 0 Å². The number of hydrogen-bond donors (Lipinski definition) is 0. The molecule has 14 heavy (non-hydrogen) atoms. The van der Waals surface area contributed by atoms with E-state index in [9.17, 15) is 9.90 Å². The summed E-state index contributed by atoms with van der Waals surface area (Å²) in [6.45, 7) is 6.25. The lowest BCUT2D eigenvalue weighted by Crippen LogP contribution is -2.55. The van der Waals surface area contributed by atoms with Crippen LogP contribution in [0.15, 0.2) is 0 Å². The highest BCUT2D eigenvalue weighted by Gasteiger charge is 2.46. The van der Waals surface area contributed by atoms with Gasteiger partial charge < -0.3 is 14.6 Å². The van der Waals surface area contributed by atoms with Crippen molar-refractivity contribution in [1.82, 2.24) is 0 Å². The van der Waals surface area contributed by atoms with Crippen molar-refractivity contribution in [2.45, 2.75) is 58.2 Å². The second kappa shape index (κ2) is 4.30. The van der Waals surface area contributed by atoms with Crippen molar-refractivity contribution in [1.29, 1.82) is 0 Å². The van der Waals surface area contributed by atoms with E-state index in [1.54, 1.807) is 0 Å². The number of hydrogen-bond acceptors (Lipinski definition) is 3. The highest BCUT2D eigenvalue weighted by Crippen LogP contribution is 2.42. The average Bonchev–Trinajstić information content (AvgIpc) is 2.08. The molecule has 1 aliphatic heterocycles. The van der Waals surface area contributed by atoms with E-state index in [0.717, 1.165) is 12.8 Å². The standard InChI is InChI=1S/C11H20O3/c1-4-9-8(11(2,3)14-9)6-5-7-10(12)13/h8-9H,4-7H2,1-3H3,(H,12,13)/p-1. The largest absolute Gasteiger partial charge is 0.550 e. The van der Waals surface area contributed by atoms with Crippen LogP contribution in [0.1, 0.15) is 46.5 Å². The molecule has 3 nitrogen and oxygen atoms in total. The van der Waals surface area contributed by atoms with Gasteiger partial charge in [0, 0.05) is 11.9 Å². The van der Waals surface area contributed by atoms with Crippen LogP contribution in [-0.4, -0.2) is 17.7 Å². The molecule has 2 atom stereocenters. The van der Waals surface area contributed by atoms with Gasteiger partial charge in [-0.25, -0.2) is 0 Å². The zero-order chi connectivity index (χ0) is 10.8. The molecule has 0 aromatic carbocycles. The van der Waals surface area contributed by atoms with E-state index in [1.807, 2.05) is 0 Å². The van der Waals surface area contributed by atoms with Crippen molar-refractivity contribution < 1.29 is 14.6 Å². The van der Waals surface area contributed by atoms with Gasteiger partial charge in [0.2, 0.25) is 0 Å². The van der Waals surface area contributed by atoms with E-state index in [-0.39, 0.29) is 12.0 Å². The van der Waals surface area contributed by atoms with Crippen molar-refractivity contribution in [2.24, 2.45) is 5.92 Å². The van der Waals surface area contributed by atoms with E-state index < -0.39 is 5.97 Å². The quantitative estimate of drug-likeness (QED) is 0.666. The second-order valence-corrected chi connectivity index (χ2v) is 4.54. The monoisotopic (exact) mass is 199 g/mol. The Labute approximate surface area is 85.5 Å². The Kier molecular flexibility index (Phi) is 3.53. The summed E-state index contributed by atoms with van der Waals surface area (Å²) in [5.74, 6) is -0.442. The van der Waals surface area contributed by atoms with E-state index in [2.05, 4.69) is 20.8 Å². The molecule has 3 heteroatoms. The molecule has 1 heterocycles. The molecule has 0 radical (unpaired) electrons. The summed E-state index contributed by atoms with van der Waals surface area (Å²) in [7, 11) is 0. The maximum Gasteiger partial charge on any atom is 0.0683 e. The molecule has 1 aliphatic rings. The first-order valence-corrected chi connectivity index (χ1v) is 5.35. The van der Waals surface area contributed by atoms with Crippen LogP contribution < -0.4 is 5.11 Å². The van der Waals surface area contributed by atoms with Crippen LogP contribution in [0.2, 0.25) is 0 Å². The van der Waals surface area contributed by atoms with Crippen LogP contribution >= 0.6 is 0 Å². The third kappa shape index (κ3) is 2.47. The van der Waals surface area contributed by atoms with Crippen molar-refractivity contribution in [3.05, 3.63) is 0 Å². The number of carboxylic acids is 1. The molecule has 0 aliphatic carbocycles.